The maximum absolute atomic E-state index is 12.1. The van der Waals surface area contributed by atoms with E-state index in [4.69, 9.17) is 9.63 Å². The molecule has 0 aromatic carbocycles. The fourth-order valence-corrected chi connectivity index (χ4v) is 2.29. The first-order valence-electron chi connectivity index (χ1n) is 6.51. The molecule has 1 aliphatic rings. The molecule has 104 valence electrons. The number of carbonyl (C=O) groups excluding carboxylic acids is 1. The lowest BCUT2D eigenvalue weighted by atomic mass is 9.96. The minimum absolute atomic E-state index is 0.191. The van der Waals surface area contributed by atoms with E-state index in [1.807, 2.05) is 0 Å². The van der Waals surface area contributed by atoms with E-state index < -0.39 is 17.9 Å². The number of nitrogens with one attached hydrogen (secondary N) is 1. The summed E-state index contributed by atoms with van der Waals surface area (Å²) in [5.74, 6) is -0.939. The van der Waals surface area contributed by atoms with Gasteiger partial charge in [0, 0.05) is 12.0 Å². The molecule has 0 fully saturated rings. The normalized spacial score (nSPS) is 15.9. The molecule has 0 bridgehead atoms. The van der Waals surface area contributed by atoms with Crippen molar-refractivity contribution in [2.24, 2.45) is 5.92 Å². The first kappa shape index (κ1) is 13.6. The third-order valence-electron chi connectivity index (χ3n) is 3.38. The topological polar surface area (TPSA) is 92.4 Å². The fourth-order valence-electron chi connectivity index (χ4n) is 2.29. The molecular weight excluding hydrogens is 248 g/mol. The molecule has 6 heteroatoms. The van der Waals surface area contributed by atoms with Crippen LogP contribution in [0.3, 0.4) is 0 Å². The van der Waals surface area contributed by atoms with Crippen LogP contribution in [-0.4, -0.2) is 28.2 Å². The van der Waals surface area contributed by atoms with Crippen LogP contribution in [0.25, 0.3) is 0 Å². The lowest BCUT2D eigenvalue weighted by molar-refractivity contribution is -0.140. The van der Waals surface area contributed by atoms with Gasteiger partial charge in [0.1, 0.15) is 11.8 Å². The Labute approximate surface area is 111 Å². The summed E-state index contributed by atoms with van der Waals surface area (Å²) in [6.07, 6.45) is 3.59. The van der Waals surface area contributed by atoms with Crippen LogP contribution in [0.2, 0.25) is 0 Å². The zero-order valence-corrected chi connectivity index (χ0v) is 11.1. The molecular formula is C13H18N2O4. The molecule has 1 aliphatic carbocycles. The quantitative estimate of drug-likeness (QED) is 0.859. The molecule has 2 rings (SSSR count). The van der Waals surface area contributed by atoms with E-state index in [0.717, 1.165) is 37.0 Å². The van der Waals surface area contributed by atoms with Crippen molar-refractivity contribution in [2.75, 3.05) is 0 Å². The van der Waals surface area contributed by atoms with Gasteiger partial charge in [0.05, 0.1) is 0 Å². The molecule has 1 amide bonds. The molecule has 0 aliphatic heterocycles. The summed E-state index contributed by atoms with van der Waals surface area (Å²) >= 11 is 0. The molecule has 1 aromatic rings. The monoisotopic (exact) mass is 266 g/mol. The van der Waals surface area contributed by atoms with Crippen molar-refractivity contribution in [3.63, 3.8) is 0 Å². The second kappa shape index (κ2) is 5.42. The molecule has 0 radical (unpaired) electrons. The van der Waals surface area contributed by atoms with Gasteiger partial charge in [0.2, 0.25) is 0 Å². The second-order valence-corrected chi connectivity index (χ2v) is 5.17. The molecule has 1 aromatic heterocycles. The van der Waals surface area contributed by atoms with Crippen LogP contribution in [0.15, 0.2) is 4.52 Å². The van der Waals surface area contributed by atoms with E-state index in [1.165, 1.54) is 0 Å². The molecule has 0 saturated heterocycles. The Morgan fingerprint density at radius 3 is 2.63 bits per heavy atom. The lowest BCUT2D eigenvalue weighted by Crippen LogP contribution is -2.44. The Morgan fingerprint density at radius 2 is 2.00 bits per heavy atom. The van der Waals surface area contributed by atoms with Gasteiger partial charge in [0.15, 0.2) is 5.69 Å². The van der Waals surface area contributed by atoms with Crippen LogP contribution in [0.5, 0.6) is 0 Å². The maximum Gasteiger partial charge on any atom is 0.326 e. The Kier molecular flexibility index (Phi) is 3.87. The van der Waals surface area contributed by atoms with Gasteiger partial charge in [-0.05, 0) is 25.2 Å². The van der Waals surface area contributed by atoms with E-state index in [-0.39, 0.29) is 11.6 Å². The average molecular weight is 266 g/mol. The van der Waals surface area contributed by atoms with Crippen molar-refractivity contribution in [2.45, 2.75) is 45.6 Å². The molecule has 6 nitrogen and oxygen atoms in total. The van der Waals surface area contributed by atoms with E-state index in [9.17, 15) is 9.59 Å². The van der Waals surface area contributed by atoms with Crippen molar-refractivity contribution in [1.29, 1.82) is 0 Å². The van der Waals surface area contributed by atoms with Crippen LogP contribution < -0.4 is 5.32 Å². The van der Waals surface area contributed by atoms with Gasteiger partial charge in [0.25, 0.3) is 5.91 Å². The number of carbonyl (C=O) groups is 2. The Balaban J connectivity index is 2.16. The zero-order valence-electron chi connectivity index (χ0n) is 11.1. The average Bonchev–Trinajstić information content (AvgIpc) is 2.78. The SMILES string of the molecule is CC(C)[C@H](NC(=O)c1noc2c1CCCC2)C(=O)O. The second-order valence-electron chi connectivity index (χ2n) is 5.17. The van der Waals surface area contributed by atoms with E-state index in [2.05, 4.69) is 10.5 Å². The number of amides is 1. The number of hydrogen-bond acceptors (Lipinski definition) is 4. The summed E-state index contributed by atoms with van der Waals surface area (Å²) in [5.41, 5.74) is 1.07. The third-order valence-corrected chi connectivity index (χ3v) is 3.38. The summed E-state index contributed by atoms with van der Waals surface area (Å²) in [6, 6.07) is -0.913. The van der Waals surface area contributed by atoms with Gasteiger partial charge in [-0.15, -0.1) is 0 Å². The molecule has 1 heterocycles. The summed E-state index contributed by atoms with van der Waals surface area (Å²) in [4.78, 5) is 23.2. The highest BCUT2D eigenvalue weighted by atomic mass is 16.5. The molecule has 19 heavy (non-hydrogen) atoms. The van der Waals surface area contributed by atoms with Gasteiger partial charge in [-0.25, -0.2) is 4.79 Å². The van der Waals surface area contributed by atoms with Gasteiger partial charge >= 0.3 is 5.97 Å². The third kappa shape index (κ3) is 2.77. The number of aromatic nitrogens is 1. The number of aryl methyl sites for hydroxylation is 1. The van der Waals surface area contributed by atoms with Gasteiger partial charge in [-0.3, -0.25) is 4.79 Å². The maximum atomic E-state index is 12.1. The van der Waals surface area contributed by atoms with E-state index in [0.29, 0.717) is 0 Å². The van der Waals surface area contributed by atoms with Crippen molar-refractivity contribution in [3.05, 3.63) is 17.0 Å². The van der Waals surface area contributed by atoms with Crippen molar-refractivity contribution in [3.8, 4) is 0 Å². The summed E-state index contributed by atoms with van der Waals surface area (Å²) in [6.45, 7) is 3.49. The Bertz CT molecular complexity index is 493. The van der Waals surface area contributed by atoms with Crippen LogP contribution in [0.4, 0.5) is 0 Å². The number of fused-ring (bicyclic) bond motifs is 1. The molecule has 0 saturated carbocycles. The minimum atomic E-state index is -1.04. The predicted molar refractivity (Wildman–Crippen MR) is 66.9 cm³/mol. The number of carboxylic acids is 1. The van der Waals surface area contributed by atoms with Gasteiger partial charge in [-0.2, -0.15) is 0 Å². The molecule has 2 N–H and O–H groups in total. The first-order valence-corrected chi connectivity index (χ1v) is 6.51. The van der Waals surface area contributed by atoms with Crippen molar-refractivity contribution >= 4 is 11.9 Å². The van der Waals surface area contributed by atoms with Crippen LogP contribution >= 0.6 is 0 Å². The van der Waals surface area contributed by atoms with E-state index >= 15 is 0 Å². The largest absolute Gasteiger partial charge is 0.480 e. The standard InChI is InChI=1S/C13H18N2O4/c1-7(2)10(13(17)18)14-12(16)11-8-5-3-4-6-9(8)19-15-11/h7,10H,3-6H2,1-2H3,(H,14,16)(H,17,18)/t10-/m0/s1. The minimum Gasteiger partial charge on any atom is -0.480 e. The van der Waals surface area contributed by atoms with Crippen LogP contribution in [0.1, 0.15) is 48.5 Å². The van der Waals surface area contributed by atoms with Gasteiger partial charge < -0.3 is 14.9 Å². The van der Waals surface area contributed by atoms with Crippen LogP contribution in [0, 0.1) is 5.92 Å². The fraction of sp³-hybridized carbons (Fsp3) is 0.615. The number of hydrogen-bond donors (Lipinski definition) is 2. The molecule has 0 spiro atoms. The molecule has 1 atom stereocenters. The van der Waals surface area contributed by atoms with Crippen molar-refractivity contribution < 1.29 is 19.2 Å². The Morgan fingerprint density at radius 1 is 1.32 bits per heavy atom. The summed E-state index contributed by atoms with van der Waals surface area (Å²) < 4.78 is 5.15. The highest BCUT2D eigenvalue weighted by Gasteiger charge is 2.28. The highest BCUT2D eigenvalue weighted by Crippen LogP contribution is 2.24. The first-order chi connectivity index (χ1) is 9.00. The van der Waals surface area contributed by atoms with Crippen molar-refractivity contribution in [1.82, 2.24) is 10.5 Å². The Hall–Kier alpha value is -1.85. The smallest absolute Gasteiger partial charge is 0.326 e. The van der Waals surface area contributed by atoms with Gasteiger partial charge in [-0.1, -0.05) is 19.0 Å². The zero-order chi connectivity index (χ0) is 14.0. The number of carboxylic acid groups (broad SMARTS) is 1. The predicted octanol–water partition coefficient (Wildman–Crippen LogP) is 1.39. The van der Waals surface area contributed by atoms with Crippen LogP contribution in [-0.2, 0) is 17.6 Å². The number of rotatable bonds is 4. The molecule has 0 unspecified atom stereocenters. The summed E-state index contributed by atoms with van der Waals surface area (Å²) in [5, 5.41) is 15.4. The number of aliphatic carboxylic acids is 1. The lowest BCUT2D eigenvalue weighted by Gasteiger charge is -2.17. The number of nitrogens with zero attached hydrogens (tertiary/aromatic N) is 1. The summed E-state index contributed by atoms with van der Waals surface area (Å²) in [7, 11) is 0. The van der Waals surface area contributed by atoms with E-state index in [1.54, 1.807) is 13.8 Å². The highest BCUT2D eigenvalue weighted by molar-refractivity contribution is 5.96.